The number of carbonyl (C=O) groups is 1. The van der Waals surface area contributed by atoms with Crippen LogP contribution >= 0.6 is 0 Å². The molecule has 0 aromatic carbocycles. The molecule has 5 aliphatic rings. The van der Waals surface area contributed by atoms with Crippen molar-refractivity contribution >= 4 is 5.78 Å². The number of hydrogen-bond donors (Lipinski definition) is 1. The van der Waals surface area contributed by atoms with Gasteiger partial charge >= 0.3 is 0 Å². The van der Waals surface area contributed by atoms with Crippen LogP contribution in [0.25, 0.3) is 0 Å². The highest BCUT2D eigenvalue weighted by molar-refractivity contribution is 5.90. The minimum atomic E-state index is -0.427. The molecule has 0 unspecified atom stereocenters. The third-order valence-electron chi connectivity index (χ3n) is 9.59. The normalized spacial score (nSPS) is 61.3. The maximum Gasteiger partial charge on any atom is 0.164 e. The van der Waals surface area contributed by atoms with E-state index < -0.39 is 5.60 Å². The van der Waals surface area contributed by atoms with Gasteiger partial charge < -0.3 is 9.84 Å². The van der Waals surface area contributed by atoms with Crippen molar-refractivity contribution in [3.05, 3.63) is 0 Å². The molecule has 0 aromatic rings. The van der Waals surface area contributed by atoms with Gasteiger partial charge in [-0.3, -0.25) is 4.79 Å². The van der Waals surface area contributed by atoms with Crippen molar-refractivity contribution in [1.29, 1.82) is 0 Å². The van der Waals surface area contributed by atoms with E-state index in [0.29, 0.717) is 17.3 Å². The molecule has 1 N–H and O–H groups in total. The first-order valence-electron chi connectivity index (χ1n) is 10.2. The maximum atomic E-state index is 12.4. The van der Waals surface area contributed by atoms with Gasteiger partial charge in [-0.05, 0) is 87.4 Å². The molecule has 0 aromatic heterocycles. The second kappa shape index (κ2) is 4.65. The third kappa shape index (κ3) is 1.65. The van der Waals surface area contributed by atoms with E-state index in [2.05, 4.69) is 13.8 Å². The molecular formula is C21H32O3. The quantitative estimate of drug-likeness (QED) is 0.745. The largest absolute Gasteiger partial charge is 0.393 e. The fraction of sp³-hybridized carbons (Fsp3) is 0.952. The fourth-order valence-electron chi connectivity index (χ4n) is 8.30. The summed E-state index contributed by atoms with van der Waals surface area (Å²) in [6.07, 6.45) is 9.45. The first-order chi connectivity index (χ1) is 11.3. The highest BCUT2D eigenvalue weighted by Gasteiger charge is 2.79. The number of rotatable bonds is 1. The van der Waals surface area contributed by atoms with Crippen molar-refractivity contribution in [2.75, 3.05) is 0 Å². The molecule has 3 nitrogen and oxygen atoms in total. The Bertz CT molecular complexity index is 588. The van der Waals surface area contributed by atoms with Gasteiger partial charge in [0.05, 0.1) is 12.2 Å². The number of aliphatic hydroxyl groups excluding tert-OH is 1. The molecule has 5 fully saturated rings. The van der Waals surface area contributed by atoms with E-state index in [1.807, 2.05) is 0 Å². The molecule has 9 atom stereocenters. The number of ether oxygens (including phenoxy) is 1. The Balaban J connectivity index is 1.47. The molecule has 1 heterocycles. The summed E-state index contributed by atoms with van der Waals surface area (Å²) in [6, 6.07) is 0. The Hall–Kier alpha value is -0.410. The zero-order valence-corrected chi connectivity index (χ0v) is 15.4. The summed E-state index contributed by atoms with van der Waals surface area (Å²) in [5.41, 5.74) is 0.0612. The number of aliphatic hydroxyl groups is 1. The van der Waals surface area contributed by atoms with Crippen molar-refractivity contribution in [2.45, 2.75) is 89.9 Å². The molecule has 24 heavy (non-hydrogen) atoms. The van der Waals surface area contributed by atoms with Gasteiger partial charge in [0.1, 0.15) is 0 Å². The number of ketones is 1. The van der Waals surface area contributed by atoms with Crippen LogP contribution in [0, 0.1) is 34.5 Å². The Morgan fingerprint density at radius 3 is 2.58 bits per heavy atom. The van der Waals surface area contributed by atoms with Crippen LogP contribution in [-0.2, 0) is 9.53 Å². The smallest absolute Gasteiger partial charge is 0.164 e. The first-order valence-corrected chi connectivity index (χ1v) is 10.2. The van der Waals surface area contributed by atoms with Crippen molar-refractivity contribution < 1.29 is 14.6 Å². The Labute approximate surface area is 145 Å². The molecule has 4 saturated carbocycles. The van der Waals surface area contributed by atoms with Gasteiger partial charge in [0.2, 0.25) is 0 Å². The van der Waals surface area contributed by atoms with E-state index >= 15 is 0 Å². The number of carbonyl (C=O) groups excluding carboxylic acids is 1. The summed E-state index contributed by atoms with van der Waals surface area (Å²) in [5.74, 6) is 3.22. The molecule has 0 amide bonds. The zero-order chi connectivity index (χ0) is 16.9. The summed E-state index contributed by atoms with van der Waals surface area (Å²) in [5, 5.41) is 10.1. The topological polar surface area (TPSA) is 49.8 Å². The molecule has 134 valence electrons. The second-order valence-electron chi connectivity index (χ2n) is 10.2. The molecule has 3 heteroatoms. The van der Waals surface area contributed by atoms with E-state index in [1.165, 1.54) is 25.7 Å². The van der Waals surface area contributed by atoms with Crippen LogP contribution in [0.1, 0.15) is 72.1 Å². The monoisotopic (exact) mass is 332 g/mol. The fourth-order valence-corrected chi connectivity index (χ4v) is 8.30. The maximum absolute atomic E-state index is 12.4. The molecule has 0 bridgehead atoms. The summed E-state index contributed by atoms with van der Waals surface area (Å²) in [6.45, 7) is 6.64. The van der Waals surface area contributed by atoms with Gasteiger partial charge in [0, 0.05) is 5.41 Å². The Morgan fingerprint density at radius 1 is 1.04 bits per heavy atom. The van der Waals surface area contributed by atoms with Crippen LogP contribution < -0.4 is 0 Å². The lowest BCUT2D eigenvalue weighted by molar-refractivity contribution is -0.151. The highest BCUT2D eigenvalue weighted by Crippen LogP contribution is 2.73. The lowest BCUT2D eigenvalue weighted by Gasteiger charge is -2.61. The summed E-state index contributed by atoms with van der Waals surface area (Å²) < 4.78 is 6.02. The van der Waals surface area contributed by atoms with Crippen LogP contribution in [0.3, 0.4) is 0 Å². The van der Waals surface area contributed by atoms with Crippen molar-refractivity contribution in [2.24, 2.45) is 34.5 Å². The summed E-state index contributed by atoms with van der Waals surface area (Å²) in [7, 11) is 0. The number of fused-ring (bicyclic) bond motifs is 7. The van der Waals surface area contributed by atoms with E-state index in [0.717, 1.165) is 37.5 Å². The van der Waals surface area contributed by atoms with E-state index in [9.17, 15) is 9.90 Å². The minimum Gasteiger partial charge on any atom is -0.393 e. The van der Waals surface area contributed by atoms with E-state index in [-0.39, 0.29) is 23.4 Å². The lowest BCUT2D eigenvalue weighted by atomic mass is 9.44. The van der Waals surface area contributed by atoms with Crippen molar-refractivity contribution in [3.63, 3.8) is 0 Å². The van der Waals surface area contributed by atoms with E-state index in [1.54, 1.807) is 6.92 Å². The van der Waals surface area contributed by atoms with Crippen LogP contribution in [0.2, 0.25) is 0 Å². The summed E-state index contributed by atoms with van der Waals surface area (Å²) >= 11 is 0. The first kappa shape index (κ1) is 15.8. The zero-order valence-electron chi connectivity index (χ0n) is 15.4. The van der Waals surface area contributed by atoms with Crippen molar-refractivity contribution in [3.8, 4) is 0 Å². The summed E-state index contributed by atoms with van der Waals surface area (Å²) in [4.78, 5) is 12.4. The van der Waals surface area contributed by atoms with Gasteiger partial charge in [-0.15, -0.1) is 0 Å². The Morgan fingerprint density at radius 2 is 1.83 bits per heavy atom. The standard InChI is InChI=1S/C21H32O3/c1-12(22)21-18(24-21)11-17-15-5-4-13-10-14(23)6-8-19(13,2)16(15)7-9-20(17,21)3/h13-18,23H,4-11H2,1-3H3/t13-,14+,15+,16-,17+,18+,19-,20+,21+/m0/s1. The number of epoxide rings is 1. The highest BCUT2D eigenvalue weighted by atomic mass is 16.6. The average molecular weight is 332 g/mol. The predicted molar refractivity (Wildman–Crippen MR) is 91.4 cm³/mol. The van der Waals surface area contributed by atoms with Crippen molar-refractivity contribution in [1.82, 2.24) is 0 Å². The number of Topliss-reactive ketones (excluding diaryl/α,β-unsaturated/α-hetero) is 1. The molecule has 1 saturated heterocycles. The third-order valence-corrected chi connectivity index (χ3v) is 9.59. The minimum absolute atomic E-state index is 0.0676. The average Bonchev–Trinajstić information content (AvgIpc) is 3.21. The lowest BCUT2D eigenvalue weighted by Crippen LogP contribution is -2.56. The molecule has 4 aliphatic carbocycles. The molecule has 5 rings (SSSR count). The number of hydrogen-bond acceptors (Lipinski definition) is 3. The van der Waals surface area contributed by atoms with E-state index in [4.69, 9.17) is 4.74 Å². The van der Waals surface area contributed by atoms with Gasteiger partial charge in [-0.1, -0.05) is 13.8 Å². The van der Waals surface area contributed by atoms with Crippen LogP contribution in [0.4, 0.5) is 0 Å². The van der Waals surface area contributed by atoms with Gasteiger partial charge in [-0.2, -0.15) is 0 Å². The molecule has 1 aliphatic heterocycles. The van der Waals surface area contributed by atoms with Gasteiger partial charge in [-0.25, -0.2) is 0 Å². The molecular weight excluding hydrogens is 300 g/mol. The second-order valence-corrected chi connectivity index (χ2v) is 10.2. The predicted octanol–water partition coefficient (Wildman–Crippen LogP) is 3.73. The SMILES string of the molecule is CC(=O)[C@@]12O[C@@H]1C[C@@H]1[C@@H]3CC[C@H]4C[C@H](O)CC[C@]4(C)[C@H]3CC[C@]12C. The Kier molecular flexibility index (Phi) is 3.06. The molecule has 0 radical (unpaired) electrons. The van der Waals surface area contributed by atoms with Crippen LogP contribution in [-0.4, -0.2) is 28.7 Å². The van der Waals surface area contributed by atoms with Crippen LogP contribution in [0.15, 0.2) is 0 Å². The van der Waals surface area contributed by atoms with Gasteiger partial charge in [0.15, 0.2) is 11.4 Å². The molecule has 0 spiro atoms. The van der Waals surface area contributed by atoms with Crippen LogP contribution in [0.5, 0.6) is 0 Å². The van der Waals surface area contributed by atoms with Gasteiger partial charge in [0.25, 0.3) is 0 Å².